The lowest BCUT2D eigenvalue weighted by atomic mass is 9.71. The predicted octanol–water partition coefficient (Wildman–Crippen LogP) is 7.65. The highest BCUT2D eigenvalue weighted by Gasteiger charge is 2.31. The number of rotatable bonds is 6. The van der Waals surface area contributed by atoms with Crippen LogP contribution in [0.3, 0.4) is 0 Å². The first-order valence-corrected chi connectivity index (χ1v) is 12.1. The van der Waals surface area contributed by atoms with E-state index in [1.165, 1.54) is 16.8 Å². The number of aryl methyl sites for hydroxylation is 2. The first-order chi connectivity index (χ1) is 15.9. The van der Waals surface area contributed by atoms with Gasteiger partial charge in [-0.25, -0.2) is 0 Å². The van der Waals surface area contributed by atoms with E-state index in [1.807, 2.05) is 36.7 Å². The maximum atomic E-state index is 4.90. The van der Waals surface area contributed by atoms with Crippen LogP contribution in [0.5, 0.6) is 0 Å². The van der Waals surface area contributed by atoms with Crippen LogP contribution >= 0.6 is 0 Å². The van der Waals surface area contributed by atoms with Crippen LogP contribution in [0.25, 0.3) is 11.4 Å². The van der Waals surface area contributed by atoms with E-state index < -0.39 is 0 Å². The van der Waals surface area contributed by atoms with E-state index >= 15 is 0 Å². The fraction of sp³-hybridized carbons (Fsp3) is 0.367. The van der Waals surface area contributed by atoms with Gasteiger partial charge in [-0.05, 0) is 93.3 Å². The zero-order valence-corrected chi connectivity index (χ0v) is 20.4. The number of pyridine rings is 3. The molecule has 0 aromatic carbocycles. The molecule has 0 amide bonds. The molecule has 1 unspecified atom stereocenters. The van der Waals surface area contributed by atoms with E-state index in [9.17, 15) is 0 Å². The van der Waals surface area contributed by atoms with Gasteiger partial charge in [0.1, 0.15) is 0 Å². The van der Waals surface area contributed by atoms with Crippen molar-refractivity contribution in [3.05, 3.63) is 101 Å². The zero-order chi connectivity index (χ0) is 23.3. The molecule has 3 heteroatoms. The van der Waals surface area contributed by atoms with Gasteiger partial charge in [0.05, 0.1) is 11.4 Å². The van der Waals surface area contributed by atoms with Crippen molar-refractivity contribution in [3.8, 4) is 11.4 Å². The van der Waals surface area contributed by atoms with Gasteiger partial charge in [-0.15, -0.1) is 0 Å². The van der Waals surface area contributed by atoms with E-state index in [-0.39, 0.29) is 5.41 Å². The summed E-state index contributed by atoms with van der Waals surface area (Å²) in [4.78, 5) is 14.0. The Labute approximate surface area is 198 Å². The van der Waals surface area contributed by atoms with Gasteiger partial charge in [-0.1, -0.05) is 49.3 Å². The number of hydrogen-bond acceptors (Lipinski definition) is 3. The van der Waals surface area contributed by atoms with Crippen molar-refractivity contribution >= 4 is 0 Å². The molecule has 0 spiro atoms. The third kappa shape index (κ3) is 6.04. The van der Waals surface area contributed by atoms with Crippen LogP contribution in [-0.2, 0) is 6.42 Å². The van der Waals surface area contributed by atoms with Crippen molar-refractivity contribution in [1.82, 2.24) is 15.0 Å². The molecule has 3 heterocycles. The third-order valence-electron chi connectivity index (χ3n) is 6.68. The van der Waals surface area contributed by atoms with Crippen molar-refractivity contribution in [2.24, 2.45) is 5.41 Å². The monoisotopic (exact) mass is 437 g/mol. The molecule has 0 saturated carbocycles. The number of allylic oxidation sites excluding steroid dienone is 4. The van der Waals surface area contributed by atoms with Crippen molar-refractivity contribution < 1.29 is 0 Å². The van der Waals surface area contributed by atoms with Crippen LogP contribution in [0.2, 0.25) is 0 Å². The minimum Gasteiger partial charge on any atom is -0.261 e. The molecule has 170 valence electrons. The van der Waals surface area contributed by atoms with Crippen LogP contribution in [0.15, 0.2) is 84.2 Å². The summed E-state index contributed by atoms with van der Waals surface area (Å²) in [5, 5.41) is 0. The molecule has 1 atom stereocenters. The van der Waals surface area contributed by atoms with Crippen molar-refractivity contribution in [2.45, 2.75) is 65.7 Å². The van der Waals surface area contributed by atoms with Gasteiger partial charge in [0, 0.05) is 29.7 Å². The summed E-state index contributed by atoms with van der Waals surface area (Å²) in [5.41, 5.74) is 8.55. The standard InChI is InChI=1S/C30H35N3/c1-22-18-24(14-15-30(3,4)26(20-22)27-12-5-7-16-31-27)10-9-11-25-19-23(2)21-29(33-25)28-13-6-8-17-32-28/h5-8,12-13,16-21,26H,9-11,14-15H2,1-4H3/b22-20-,24-18-. The Morgan fingerprint density at radius 2 is 1.70 bits per heavy atom. The predicted molar refractivity (Wildman–Crippen MR) is 137 cm³/mol. The first-order valence-electron chi connectivity index (χ1n) is 12.1. The third-order valence-corrected chi connectivity index (χ3v) is 6.68. The summed E-state index contributed by atoms with van der Waals surface area (Å²) >= 11 is 0. The van der Waals surface area contributed by atoms with Gasteiger partial charge in [-0.3, -0.25) is 15.0 Å². The Morgan fingerprint density at radius 1 is 0.909 bits per heavy atom. The largest absolute Gasteiger partial charge is 0.261 e. The first kappa shape index (κ1) is 23.1. The maximum absolute atomic E-state index is 4.90. The molecular weight excluding hydrogens is 402 g/mol. The van der Waals surface area contributed by atoms with Crippen molar-refractivity contribution in [3.63, 3.8) is 0 Å². The Bertz CT molecular complexity index is 1130. The molecule has 0 fully saturated rings. The van der Waals surface area contributed by atoms with Gasteiger partial charge in [-0.2, -0.15) is 0 Å². The maximum Gasteiger partial charge on any atom is 0.0892 e. The molecule has 4 rings (SSSR count). The molecule has 1 aliphatic rings. The van der Waals surface area contributed by atoms with E-state index in [0.29, 0.717) is 5.92 Å². The normalized spacial score (nSPS) is 21.3. The minimum absolute atomic E-state index is 0.171. The summed E-state index contributed by atoms with van der Waals surface area (Å²) in [6.07, 6.45) is 14.1. The summed E-state index contributed by atoms with van der Waals surface area (Å²) in [6.45, 7) is 9.14. The van der Waals surface area contributed by atoms with E-state index in [2.05, 4.69) is 74.1 Å². The molecule has 0 saturated heterocycles. The average Bonchev–Trinajstić information content (AvgIpc) is 2.81. The Hall–Kier alpha value is -3.07. The molecule has 1 aliphatic carbocycles. The Morgan fingerprint density at radius 3 is 2.42 bits per heavy atom. The van der Waals surface area contributed by atoms with Crippen molar-refractivity contribution in [2.75, 3.05) is 0 Å². The lowest BCUT2D eigenvalue weighted by Gasteiger charge is -2.34. The van der Waals surface area contributed by atoms with Gasteiger partial charge in [0.15, 0.2) is 0 Å². The molecule has 0 radical (unpaired) electrons. The highest BCUT2D eigenvalue weighted by Crippen LogP contribution is 2.43. The Kier molecular flexibility index (Phi) is 7.17. The van der Waals surface area contributed by atoms with Crippen LogP contribution in [0, 0.1) is 12.3 Å². The highest BCUT2D eigenvalue weighted by atomic mass is 14.8. The molecule has 3 aromatic rings. The molecule has 33 heavy (non-hydrogen) atoms. The van der Waals surface area contributed by atoms with Gasteiger partial charge in [0.2, 0.25) is 0 Å². The lowest BCUT2D eigenvalue weighted by molar-refractivity contribution is 0.290. The molecule has 0 N–H and O–H groups in total. The highest BCUT2D eigenvalue weighted by molar-refractivity contribution is 5.55. The number of nitrogens with zero attached hydrogens (tertiary/aromatic N) is 3. The molecular formula is C30H35N3. The molecule has 3 aromatic heterocycles. The molecule has 0 bridgehead atoms. The number of hydrogen-bond donors (Lipinski definition) is 0. The zero-order valence-electron chi connectivity index (χ0n) is 20.4. The van der Waals surface area contributed by atoms with Crippen LogP contribution in [0.1, 0.15) is 69.3 Å². The minimum atomic E-state index is 0.171. The van der Waals surface area contributed by atoms with Gasteiger partial charge < -0.3 is 0 Å². The van der Waals surface area contributed by atoms with E-state index in [1.54, 1.807) is 5.57 Å². The molecule has 0 aliphatic heterocycles. The summed E-state index contributed by atoms with van der Waals surface area (Å²) in [6, 6.07) is 16.6. The van der Waals surface area contributed by atoms with Gasteiger partial charge in [0.25, 0.3) is 0 Å². The fourth-order valence-corrected chi connectivity index (χ4v) is 4.82. The summed E-state index contributed by atoms with van der Waals surface area (Å²) < 4.78 is 0. The molecule has 3 nitrogen and oxygen atoms in total. The SMILES string of the molecule is CC1=C/C(c2ccccn2)C(C)(C)CC/C(CCCc2cc(C)cc(-c3ccccn3)n2)=C\1. The van der Waals surface area contributed by atoms with Crippen LogP contribution in [0.4, 0.5) is 0 Å². The second-order valence-corrected chi connectivity index (χ2v) is 10.0. The number of aromatic nitrogens is 3. The van der Waals surface area contributed by atoms with E-state index in [4.69, 9.17) is 4.98 Å². The topological polar surface area (TPSA) is 38.7 Å². The summed E-state index contributed by atoms with van der Waals surface area (Å²) in [7, 11) is 0. The van der Waals surface area contributed by atoms with Crippen molar-refractivity contribution in [1.29, 1.82) is 0 Å². The summed E-state index contributed by atoms with van der Waals surface area (Å²) in [5.74, 6) is 0.345. The Balaban J connectivity index is 1.45. The van der Waals surface area contributed by atoms with Crippen LogP contribution in [-0.4, -0.2) is 15.0 Å². The fourth-order valence-electron chi connectivity index (χ4n) is 4.82. The van der Waals surface area contributed by atoms with Crippen LogP contribution < -0.4 is 0 Å². The quantitative estimate of drug-likeness (QED) is 0.397. The van der Waals surface area contributed by atoms with E-state index in [0.717, 1.165) is 49.2 Å². The van der Waals surface area contributed by atoms with Gasteiger partial charge >= 0.3 is 0 Å². The lowest BCUT2D eigenvalue weighted by Crippen LogP contribution is -2.23. The second-order valence-electron chi connectivity index (χ2n) is 10.0. The second kappa shape index (κ2) is 10.2. The average molecular weight is 438 g/mol. The smallest absolute Gasteiger partial charge is 0.0892 e.